The minimum Gasteiger partial charge on any atom is -0.494 e. The monoisotopic (exact) mass is 586 g/mol. The molecule has 0 saturated heterocycles. The molecule has 0 radical (unpaired) electrons. The first kappa shape index (κ1) is 34.8. The molecule has 0 aliphatic rings. The summed E-state index contributed by atoms with van der Waals surface area (Å²) in [4.78, 5) is 0. The Hall–Kier alpha value is -2.68. The van der Waals surface area contributed by atoms with Crippen molar-refractivity contribution in [3.63, 3.8) is 0 Å². The van der Waals surface area contributed by atoms with E-state index in [4.69, 9.17) is 4.74 Å². The van der Waals surface area contributed by atoms with Crippen LogP contribution in [0, 0.1) is 0 Å². The van der Waals surface area contributed by atoms with Crippen LogP contribution in [-0.2, 0) is 23.9 Å². The maximum atomic E-state index is 6.25. The van der Waals surface area contributed by atoms with Crippen LogP contribution in [0.25, 0.3) is 11.1 Å². The topological polar surface area (TPSA) is 17.0 Å². The first-order chi connectivity index (χ1) is 20.6. The number of benzene rings is 1. The molecule has 0 bridgehead atoms. The van der Waals surface area contributed by atoms with Gasteiger partial charge in [-0.2, -0.15) is 0 Å². The molecule has 0 fully saturated rings. The van der Waals surface area contributed by atoms with Crippen molar-refractivity contribution in [2.24, 2.45) is 0 Å². The van der Waals surface area contributed by atoms with E-state index < -0.39 is 0 Å². The number of pyridine rings is 2. The molecule has 0 saturated carbocycles. The van der Waals surface area contributed by atoms with Gasteiger partial charge in [0, 0.05) is 37.1 Å². The number of unbranched alkanes of at least 4 members (excludes halogenated alkanes) is 10. The van der Waals surface area contributed by atoms with Gasteiger partial charge in [0.05, 0.1) is 6.61 Å². The molecule has 236 valence electrons. The predicted octanol–water partition coefficient (Wildman–Crippen LogP) is 10.3. The molecular weight excluding hydrogens is 524 g/mol. The fourth-order valence-corrected chi connectivity index (χ4v) is 5.51. The number of hydrogen-bond donors (Lipinski definition) is 0. The Balaban J connectivity index is 1.36. The van der Waals surface area contributed by atoms with E-state index >= 15 is 0 Å². The molecule has 2 heterocycles. The van der Waals surface area contributed by atoms with E-state index in [1.54, 1.807) is 0 Å². The molecule has 0 atom stereocenters. The molecule has 0 amide bonds. The van der Waals surface area contributed by atoms with Gasteiger partial charge in [0.2, 0.25) is 0 Å². The van der Waals surface area contributed by atoms with Crippen LogP contribution in [0.2, 0.25) is 0 Å². The maximum absolute atomic E-state index is 6.25. The maximum Gasteiger partial charge on any atom is 0.169 e. The van der Waals surface area contributed by atoms with Gasteiger partial charge in [0.25, 0.3) is 0 Å². The fourth-order valence-electron chi connectivity index (χ4n) is 5.51. The van der Waals surface area contributed by atoms with Crippen LogP contribution in [0.4, 0.5) is 0 Å². The summed E-state index contributed by atoms with van der Waals surface area (Å²) < 4.78 is 10.9. The van der Waals surface area contributed by atoms with Crippen molar-refractivity contribution in [3.8, 4) is 16.9 Å². The van der Waals surface area contributed by atoms with Crippen LogP contribution < -0.4 is 13.9 Å². The highest BCUT2D eigenvalue weighted by Gasteiger charge is 2.21. The summed E-state index contributed by atoms with van der Waals surface area (Å²) in [5.74, 6) is 1.00. The van der Waals surface area contributed by atoms with Gasteiger partial charge < -0.3 is 4.74 Å². The van der Waals surface area contributed by atoms with Crippen molar-refractivity contribution < 1.29 is 13.9 Å². The number of aromatic nitrogens is 2. The molecule has 43 heavy (non-hydrogen) atoms. The van der Waals surface area contributed by atoms with Crippen molar-refractivity contribution in [1.29, 1.82) is 0 Å². The minimum absolute atomic E-state index is 0.107. The first-order valence-corrected chi connectivity index (χ1v) is 17.3. The third-order valence-electron chi connectivity index (χ3n) is 8.60. The molecule has 0 aliphatic carbocycles. The molecule has 0 spiro atoms. The highest BCUT2D eigenvalue weighted by molar-refractivity contribution is 5.60. The van der Waals surface area contributed by atoms with E-state index in [0.717, 1.165) is 38.3 Å². The summed E-state index contributed by atoms with van der Waals surface area (Å²) >= 11 is 0. The largest absolute Gasteiger partial charge is 0.494 e. The van der Waals surface area contributed by atoms with Gasteiger partial charge in [-0.3, -0.25) is 0 Å². The highest BCUT2D eigenvalue weighted by Crippen LogP contribution is 2.33. The van der Waals surface area contributed by atoms with Crippen molar-refractivity contribution in [3.05, 3.63) is 78.4 Å². The van der Waals surface area contributed by atoms with Gasteiger partial charge in [-0.25, -0.2) is 9.13 Å². The Labute approximate surface area is 264 Å². The molecule has 3 aromatic rings. The van der Waals surface area contributed by atoms with E-state index in [0.29, 0.717) is 0 Å². The number of rotatable bonds is 18. The molecule has 3 heteroatoms. The van der Waals surface area contributed by atoms with Crippen molar-refractivity contribution in [2.45, 2.75) is 149 Å². The normalized spacial score (nSPS) is 12.1. The Morgan fingerprint density at radius 2 is 0.907 bits per heavy atom. The lowest BCUT2D eigenvalue weighted by Gasteiger charge is -2.26. The summed E-state index contributed by atoms with van der Waals surface area (Å²) in [6, 6.07) is 15.8. The third-order valence-corrected chi connectivity index (χ3v) is 8.60. The van der Waals surface area contributed by atoms with E-state index in [-0.39, 0.29) is 10.8 Å². The van der Waals surface area contributed by atoms with Crippen LogP contribution in [0.1, 0.15) is 137 Å². The lowest BCUT2D eigenvalue weighted by Crippen LogP contribution is -2.33. The molecule has 0 N–H and O–H groups in total. The molecule has 1 aromatic carbocycles. The average Bonchev–Trinajstić information content (AvgIpc) is 2.97. The Morgan fingerprint density at radius 3 is 1.33 bits per heavy atom. The highest BCUT2D eigenvalue weighted by atomic mass is 16.5. The SMILES string of the molecule is CCCCCCCCCCCC[n+]1ccc(-c2cc[n+](CCCCOc3cc(C(C)(C)C)cc(C(C)(C)C)c3)cc2)cc1. The zero-order chi connectivity index (χ0) is 31.1. The summed E-state index contributed by atoms with van der Waals surface area (Å²) in [5.41, 5.74) is 5.46. The van der Waals surface area contributed by atoms with Gasteiger partial charge in [0.1, 0.15) is 18.8 Å². The first-order valence-electron chi connectivity index (χ1n) is 17.3. The predicted molar refractivity (Wildman–Crippen MR) is 183 cm³/mol. The Morgan fingerprint density at radius 1 is 0.512 bits per heavy atom. The van der Waals surface area contributed by atoms with Gasteiger partial charge >= 0.3 is 0 Å². The standard InChI is InChI=1S/C40H62N2O/c1-8-9-10-11-12-13-14-15-16-17-24-41-26-20-34(21-27-41)35-22-28-42(29-23-35)25-18-19-30-43-38-32-36(39(2,3)4)31-37(33-38)40(5,6)7/h20-23,26-29,31-33H,8-19,24-25,30H2,1-7H3/q+2. The molecule has 0 unspecified atom stereocenters. The smallest absolute Gasteiger partial charge is 0.169 e. The third kappa shape index (κ3) is 12.8. The summed E-state index contributed by atoms with van der Waals surface area (Å²) in [6.45, 7) is 18.8. The van der Waals surface area contributed by atoms with Crippen LogP contribution in [-0.4, -0.2) is 6.61 Å². The number of aryl methyl sites for hydroxylation is 2. The zero-order valence-electron chi connectivity index (χ0n) is 28.8. The van der Waals surface area contributed by atoms with Crippen LogP contribution in [0.15, 0.2) is 67.3 Å². The van der Waals surface area contributed by atoms with Crippen LogP contribution >= 0.6 is 0 Å². The number of nitrogens with zero attached hydrogens (tertiary/aromatic N) is 2. The summed E-state index contributed by atoms with van der Waals surface area (Å²) in [6.07, 6.45) is 24.9. The second-order valence-corrected chi connectivity index (χ2v) is 14.6. The van der Waals surface area contributed by atoms with Crippen LogP contribution in [0.3, 0.4) is 0 Å². The zero-order valence-corrected chi connectivity index (χ0v) is 28.8. The van der Waals surface area contributed by atoms with E-state index in [1.165, 1.54) is 86.5 Å². The van der Waals surface area contributed by atoms with E-state index in [2.05, 4.69) is 125 Å². The summed E-state index contributed by atoms with van der Waals surface area (Å²) in [5, 5.41) is 0. The number of hydrogen-bond acceptors (Lipinski definition) is 1. The molecule has 0 aliphatic heterocycles. The quantitative estimate of drug-likeness (QED) is 0.107. The minimum atomic E-state index is 0.107. The van der Waals surface area contributed by atoms with Crippen molar-refractivity contribution in [2.75, 3.05) is 6.61 Å². The van der Waals surface area contributed by atoms with Gasteiger partial charge in [-0.1, -0.05) is 106 Å². The lowest BCUT2D eigenvalue weighted by atomic mass is 9.80. The number of ether oxygens (including phenoxy) is 1. The van der Waals surface area contributed by atoms with Gasteiger partial charge in [-0.05, 0) is 58.1 Å². The second kappa shape index (κ2) is 17.6. The Kier molecular flexibility index (Phi) is 14.2. The average molecular weight is 587 g/mol. The second-order valence-electron chi connectivity index (χ2n) is 14.6. The van der Waals surface area contributed by atoms with Gasteiger partial charge in [0.15, 0.2) is 24.8 Å². The molecular formula is C40H62N2O+2. The van der Waals surface area contributed by atoms with Gasteiger partial charge in [-0.15, -0.1) is 0 Å². The van der Waals surface area contributed by atoms with Crippen LogP contribution in [0.5, 0.6) is 5.75 Å². The lowest BCUT2D eigenvalue weighted by molar-refractivity contribution is -0.697. The molecule has 3 nitrogen and oxygen atoms in total. The van der Waals surface area contributed by atoms with E-state index in [1.807, 2.05) is 0 Å². The molecule has 2 aromatic heterocycles. The Bertz CT molecular complexity index is 1150. The van der Waals surface area contributed by atoms with Crippen molar-refractivity contribution >= 4 is 0 Å². The molecule has 3 rings (SSSR count). The fraction of sp³-hybridized carbons (Fsp3) is 0.600. The van der Waals surface area contributed by atoms with E-state index in [9.17, 15) is 0 Å². The van der Waals surface area contributed by atoms with Crippen molar-refractivity contribution in [1.82, 2.24) is 0 Å². The summed E-state index contributed by atoms with van der Waals surface area (Å²) in [7, 11) is 0.